The largest absolute Gasteiger partial charge is 0.496 e. The Balaban J connectivity index is 1.59. The number of hydrogen-bond donors (Lipinski definition) is 0. The molecule has 0 atom stereocenters. The maximum atomic E-state index is 13.0. The molecule has 1 aromatic heterocycles. The summed E-state index contributed by atoms with van der Waals surface area (Å²) >= 11 is 0.980. The van der Waals surface area contributed by atoms with Crippen molar-refractivity contribution in [3.05, 3.63) is 58.5 Å². The Labute approximate surface area is 164 Å². The zero-order chi connectivity index (χ0) is 19.8. The first kappa shape index (κ1) is 18.3. The lowest BCUT2D eigenvalue weighted by Gasteiger charge is -2.42. The number of hydrogen-bond acceptors (Lipinski definition) is 6. The molecule has 2 fully saturated rings. The summed E-state index contributed by atoms with van der Waals surface area (Å²) in [6, 6.07) is 9.95. The number of ether oxygens (including phenoxy) is 1. The number of amides is 3. The highest BCUT2D eigenvalue weighted by Gasteiger charge is 2.43. The van der Waals surface area contributed by atoms with Gasteiger partial charge in [-0.25, -0.2) is 0 Å². The normalized spacial score (nSPS) is 17.0. The van der Waals surface area contributed by atoms with Crippen LogP contribution < -0.4 is 10.3 Å². The Morgan fingerprint density at radius 1 is 1.14 bits per heavy atom. The Morgan fingerprint density at radius 2 is 1.86 bits per heavy atom. The number of imide groups is 1. The maximum absolute atomic E-state index is 13.0. The zero-order valence-electron chi connectivity index (χ0n) is 15.0. The summed E-state index contributed by atoms with van der Waals surface area (Å²) in [7, 11) is 1.40. The van der Waals surface area contributed by atoms with Crippen molar-refractivity contribution in [1.82, 2.24) is 14.4 Å². The number of aromatic nitrogens is 1. The van der Waals surface area contributed by atoms with Crippen LogP contribution in [0, 0.1) is 0 Å². The van der Waals surface area contributed by atoms with Gasteiger partial charge in [0, 0.05) is 31.0 Å². The molecule has 0 radical (unpaired) electrons. The molecule has 1 aromatic carbocycles. The number of likely N-dealkylation sites (tertiary alicyclic amines) is 1. The van der Waals surface area contributed by atoms with Crippen molar-refractivity contribution in [2.45, 2.75) is 6.04 Å². The Hall–Kier alpha value is -3.07. The highest BCUT2D eigenvalue weighted by molar-refractivity contribution is 8.14. The topological polar surface area (TPSA) is 88.9 Å². The molecule has 3 heterocycles. The van der Waals surface area contributed by atoms with E-state index in [0.29, 0.717) is 5.69 Å². The molecule has 0 saturated carbocycles. The number of nitrogens with zero attached hydrogens (tertiary/aromatic N) is 3. The predicted molar refractivity (Wildman–Crippen MR) is 103 cm³/mol. The lowest BCUT2D eigenvalue weighted by molar-refractivity contribution is -0.128. The van der Waals surface area contributed by atoms with Crippen molar-refractivity contribution in [3.8, 4) is 11.4 Å². The van der Waals surface area contributed by atoms with E-state index in [1.807, 2.05) is 6.07 Å². The molecule has 144 valence electrons. The van der Waals surface area contributed by atoms with Gasteiger partial charge >= 0.3 is 0 Å². The molecular formula is C19H17N3O5S. The van der Waals surface area contributed by atoms with Gasteiger partial charge < -0.3 is 9.64 Å². The molecular weight excluding hydrogens is 382 g/mol. The lowest BCUT2D eigenvalue weighted by Crippen LogP contribution is -2.62. The van der Waals surface area contributed by atoms with E-state index in [9.17, 15) is 19.2 Å². The second-order valence-corrected chi connectivity index (χ2v) is 7.41. The number of pyridine rings is 1. The van der Waals surface area contributed by atoms with E-state index < -0.39 is 0 Å². The van der Waals surface area contributed by atoms with Gasteiger partial charge in [-0.05, 0) is 12.1 Å². The minimum absolute atomic E-state index is 0.152. The number of benzene rings is 1. The summed E-state index contributed by atoms with van der Waals surface area (Å²) in [5, 5.41) is -0.266. The van der Waals surface area contributed by atoms with E-state index in [1.54, 1.807) is 24.3 Å². The minimum atomic E-state index is -0.315. The van der Waals surface area contributed by atoms with Gasteiger partial charge in [0.05, 0.1) is 24.5 Å². The quantitative estimate of drug-likeness (QED) is 0.772. The number of carbonyl (C=O) groups excluding carboxylic acids is 3. The van der Waals surface area contributed by atoms with Crippen LogP contribution in [0.5, 0.6) is 5.75 Å². The first-order valence-corrected chi connectivity index (χ1v) is 9.62. The van der Waals surface area contributed by atoms with E-state index in [2.05, 4.69) is 0 Å². The van der Waals surface area contributed by atoms with Crippen molar-refractivity contribution < 1.29 is 19.1 Å². The van der Waals surface area contributed by atoms with Gasteiger partial charge in [-0.15, -0.1) is 0 Å². The molecule has 2 aliphatic heterocycles. The van der Waals surface area contributed by atoms with Gasteiger partial charge in [0.1, 0.15) is 5.75 Å². The highest BCUT2D eigenvalue weighted by atomic mass is 32.2. The van der Waals surface area contributed by atoms with E-state index in [-0.39, 0.29) is 58.8 Å². The fourth-order valence-corrected chi connectivity index (χ4v) is 4.08. The van der Waals surface area contributed by atoms with E-state index in [4.69, 9.17) is 4.74 Å². The highest BCUT2D eigenvalue weighted by Crippen LogP contribution is 2.28. The third-order valence-electron chi connectivity index (χ3n) is 4.80. The summed E-state index contributed by atoms with van der Waals surface area (Å²) in [6.45, 7) is 0.537. The fraction of sp³-hybridized carbons (Fsp3) is 0.263. The molecule has 9 heteroatoms. The molecule has 0 bridgehead atoms. The van der Waals surface area contributed by atoms with Crippen molar-refractivity contribution >= 4 is 28.8 Å². The third kappa shape index (κ3) is 3.07. The molecule has 3 amide bonds. The van der Waals surface area contributed by atoms with E-state index in [1.165, 1.54) is 33.7 Å². The maximum Gasteiger partial charge on any atom is 0.289 e. The molecule has 28 heavy (non-hydrogen) atoms. The summed E-state index contributed by atoms with van der Waals surface area (Å²) in [6.07, 6.45) is 1.47. The minimum Gasteiger partial charge on any atom is -0.496 e. The molecule has 0 N–H and O–H groups in total. The molecule has 0 spiro atoms. The van der Waals surface area contributed by atoms with Crippen LogP contribution in [0.3, 0.4) is 0 Å². The Bertz CT molecular complexity index is 998. The average Bonchev–Trinajstić information content (AvgIpc) is 2.99. The van der Waals surface area contributed by atoms with Crippen molar-refractivity contribution in [3.63, 3.8) is 0 Å². The molecule has 2 aromatic rings. The fourth-order valence-electron chi connectivity index (χ4n) is 3.31. The van der Waals surface area contributed by atoms with Gasteiger partial charge in [-0.1, -0.05) is 30.0 Å². The van der Waals surface area contributed by atoms with Crippen LogP contribution in [0.4, 0.5) is 4.79 Å². The van der Waals surface area contributed by atoms with Crippen LogP contribution >= 0.6 is 11.8 Å². The monoisotopic (exact) mass is 399 g/mol. The summed E-state index contributed by atoms with van der Waals surface area (Å²) in [4.78, 5) is 51.8. The van der Waals surface area contributed by atoms with E-state index in [0.717, 1.165) is 11.8 Å². The molecule has 0 aliphatic carbocycles. The van der Waals surface area contributed by atoms with Crippen molar-refractivity contribution in [2.24, 2.45) is 0 Å². The van der Waals surface area contributed by atoms with Crippen LogP contribution in [0.25, 0.3) is 5.69 Å². The molecule has 8 nitrogen and oxygen atoms in total. The molecule has 2 saturated heterocycles. The van der Waals surface area contributed by atoms with Crippen LogP contribution in [0.2, 0.25) is 0 Å². The van der Waals surface area contributed by atoms with Gasteiger partial charge in [-0.3, -0.25) is 28.6 Å². The summed E-state index contributed by atoms with van der Waals surface area (Å²) in [5.74, 6) is -0.194. The first-order valence-electron chi connectivity index (χ1n) is 8.64. The van der Waals surface area contributed by atoms with E-state index >= 15 is 0 Å². The van der Waals surface area contributed by atoms with Gasteiger partial charge in [0.2, 0.25) is 5.91 Å². The SMILES string of the molecule is COc1cc(=O)n(-c2ccccc2)cc1C(=O)N1CC(N2C(=O)CSC2=O)C1. The number of methoxy groups -OCH3 is 1. The van der Waals surface area contributed by atoms with Crippen molar-refractivity contribution in [2.75, 3.05) is 26.0 Å². The second kappa shape index (κ2) is 7.16. The van der Waals surface area contributed by atoms with Crippen molar-refractivity contribution in [1.29, 1.82) is 0 Å². The van der Waals surface area contributed by atoms with Gasteiger partial charge in [0.25, 0.3) is 16.7 Å². The standard InChI is InChI=1S/C19H17N3O5S/c1-27-15-7-16(23)21(12-5-3-2-4-6-12)10-14(15)18(25)20-8-13(9-20)22-17(24)11-28-19(22)26/h2-7,10,13H,8-9,11H2,1H3. The number of carbonyl (C=O) groups is 3. The van der Waals surface area contributed by atoms with Gasteiger partial charge in [-0.2, -0.15) is 0 Å². The Morgan fingerprint density at radius 3 is 2.46 bits per heavy atom. The number of thioether (sulfide) groups is 1. The molecule has 2 aliphatic rings. The number of para-hydroxylation sites is 1. The van der Waals surface area contributed by atoms with Gasteiger partial charge in [0.15, 0.2) is 0 Å². The van der Waals surface area contributed by atoms with Crippen LogP contribution in [-0.4, -0.2) is 63.4 Å². The molecule has 4 rings (SSSR count). The first-order chi connectivity index (χ1) is 13.5. The summed E-state index contributed by atoms with van der Waals surface area (Å²) < 4.78 is 6.62. The average molecular weight is 399 g/mol. The van der Waals surface area contributed by atoms with Crippen LogP contribution in [0.15, 0.2) is 47.4 Å². The lowest BCUT2D eigenvalue weighted by atomic mass is 10.1. The third-order valence-corrected chi connectivity index (χ3v) is 5.63. The summed E-state index contributed by atoms with van der Waals surface area (Å²) in [5.41, 5.74) is 0.570. The predicted octanol–water partition coefficient (Wildman–Crippen LogP) is 1.37. The Kier molecular flexibility index (Phi) is 4.68. The zero-order valence-corrected chi connectivity index (χ0v) is 15.8. The second-order valence-electron chi connectivity index (χ2n) is 6.48. The smallest absolute Gasteiger partial charge is 0.289 e. The van der Waals surface area contributed by atoms with Crippen LogP contribution in [0.1, 0.15) is 10.4 Å². The number of rotatable bonds is 4. The van der Waals surface area contributed by atoms with Crippen LogP contribution in [-0.2, 0) is 4.79 Å². The molecule has 0 unspecified atom stereocenters.